The van der Waals surface area contributed by atoms with E-state index in [1.807, 2.05) is 40.1 Å². The van der Waals surface area contributed by atoms with Gasteiger partial charge in [-0.15, -0.1) is 0 Å². The van der Waals surface area contributed by atoms with Crippen molar-refractivity contribution in [3.8, 4) is 34.4 Å². The number of pyridine rings is 2. The zero-order valence-electron chi connectivity index (χ0n) is 20.9. The van der Waals surface area contributed by atoms with Crippen molar-refractivity contribution >= 4 is 0 Å². The van der Waals surface area contributed by atoms with Crippen molar-refractivity contribution in [1.29, 1.82) is 0 Å². The third-order valence-electron chi connectivity index (χ3n) is 6.02. The number of unbranched alkanes of at least 4 members (excludes halogenated alkanes) is 3. The van der Waals surface area contributed by atoms with E-state index >= 15 is 0 Å². The maximum Gasteiger partial charge on any atom is 0.182 e. The SMILES string of the molecule is CCCCCCc1ccc(-c2nc(-c3ncc(C)cc3C)nc(-c3ncc(C)cc3C)n2)cc1. The lowest BCUT2D eigenvalue weighted by Crippen LogP contribution is -2.04. The Kier molecular flexibility index (Phi) is 7.41. The molecule has 0 N–H and O–H groups in total. The average Bonchev–Trinajstić information content (AvgIpc) is 2.82. The van der Waals surface area contributed by atoms with Crippen LogP contribution in [0.5, 0.6) is 0 Å². The number of aromatic nitrogens is 5. The van der Waals surface area contributed by atoms with Crippen molar-refractivity contribution in [2.45, 2.75) is 66.7 Å². The van der Waals surface area contributed by atoms with E-state index in [0.29, 0.717) is 17.5 Å². The highest BCUT2D eigenvalue weighted by Crippen LogP contribution is 2.26. The number of rotatable bonds is 8. The summed E-state index contributed by atoms with van der Waals surface area (Å²) in [5.74, 6) is 1.78. The molecule has 0 fully saturated rings. The zero-order chi connectivity index (χ0) is 24.1. The van der Waals surface area contributed by atoms with Crippen LogP contribution in [0.25, 0.3) is 34.4 Å². The second kappa shape index (κ2) is 10.6. The van der Waals surface area contributed by atoms with Crippen molar-refractivity contribution in [2.75, 3.05) is 0 Å². The molecule has 3 heterocycles. The van der Waals surface area contributed by atoms with Crippen LogP contribution in [0.3, 0.4) is 0 Å². The molecule has 1 aromatic carbocycles. The maximum atomic E-state index is 4.84. The molecule has 0 spiro atoms. The van der Waals surface area contributed by atoms with E-state index in [-0.39, 0.29) is 0 Å². The van der Waals surface area contributed by atoms with E-state index in [1.54, 1.807) is 0 Å². The second-order valence-electron chi connectivity index (χ2n) is 9.17. The Morgan fingerprint density at radius 2 is 1.15 bits per heavy atom. The Morgan fingerprint density at radius 3 is 1.65 bits per heavy atom. The molecule has 0 bridgehead atoms. The maximum absolute atomic E-state index is 4.84. The van der Waals surface area contributed by atoms with Crippen LogP contribution in [0.4, 0.5) is 0 Å². The minimum absolute atomic E-state index is 0.572. The van der Waals surface area contributed by atoms with Gasteiger partial charge in [0.25, 0.3) is 0 Å². The highest BCUT2D eigenvalue weighted by Gasteiger charge is 2.16. The van der Waals surface area contributed by atoms with Crippen molar-refractivity contribution < 1.29 is 0 Å². The van der Waals surface area contributed by atoms with Crippen LogP contribution in [0.15, 0.2) is 48.8 Å². The molecule has 0 aliphatic heterocycles. The van der Waals surface area contributed by atoms with Gasteiger partial charge in [0.1, 0.15) is 11.4 Å². The van der Waals surface area contributed by atoms with Gasteiger partial charge >= 0.3 is 0 Å². The van der Waals surface area contributed by atoms with E-state index in [9.17, 15) is 0 Å². The van der Waals surface area contributed by atoms with Crippen molar-refractivity contribution in [3.63, 3.8) is 0 Å². The summed E-state index contributed by atoms with van der Waals surface area (Å²) in [6.07, 6.45) is 9.88. The Labute approximate surface area is 202 Å². The molecular weight excluding hydrogens is 418 g/mol. The summed E-state index contributed by atoms with van der Waals surface area (Å²) in [6, 6.07) is 12.8. The lowest BCUT2D eigenvalue weighted by atomic mass is 10.0. The molecule has 5 heteroatoms. The number of aryl methyl sites for hydroxylation is 5. The molecule has 0 aliphatic rings. The third-order valence-corrected chi connectivity index (χ3v) is 6.02. The van der Waals surface area contributed by atoms with Crippen molar-refractivity contribution in [3.05, 3.63) is 76.6 Å². The predicted octanol–water partition coefficient (Wildman–Crippen LogP) is 7.02. The molecular formula is C29H33N5. The van der Waals surface area contributed by atoms with Gasteiger partial charge in [0.15, 0.2) is 17.5 Å². The first-order valence-electron chi connectivity index (χ1n) is 12.2. The Bertz CT molecular complexity index is 1210. The van der Waals surface area contributed by atoms with Gasteiger partial charge in [-0.25, -0.2) is 15.0 Å². The number of hydrogen-bond acceptors (Lipinski definition) is 5. The summed E-state index contributed by atoms with van der Waals surface area (Å²) in [6.45, 7) is 10.4. The summed E-state index contributed by atoms with van der Waals surface area (Å²) in [4.78, 5) is 23.8. The first kappa shape index (κ1) is 23.7. The highest BCUT2D eigenvalue weighted by molar-refractivity contribution is 5.66. The van der Waals surface area contributed by atoms with E-state index in [0.717, 1.165) is 45.6 Å². The van der Waals surface area contributed by atoms with Crippen LogP contribution in [0, 0.1) is 27.7 Å². The quantitative estimate of drug-likeness (QED) is 0.269. The van der Waals surface area contributed by atoms with Gasteiger partial charge in [0, 0.05) is 18.0 Å². The number of nitrogens with zero attached hydrogens (tertiary/aromatic N) is 5. The summed E-state index contributed by atoms with van der Waals surface area (Å²) in [5.41, 5.74) is 8.17. The first-order valence-corrected chi connectivity index (χ1v) is 12.2. The third kappa shape index (κ3) is 5.53. The monoisotopic (exact) mass is 451 g/mol. The molecule has 0 saturated heterocycles. The van der Waals surface area contributed by atoms with Gasteiger partial charge in [-0.3, -0.25) is 9.97 Å². The van der Waals surface area contributed by atoms with Crippen LogP contribution < -0.4 is 0 Å². The van der Waals surface area contributed by atoms with Crippen LogP contribution in [-0.4, -0.2) is 24.9 Å². The minimum atomic E-state index is 0.572. The molecule has 0 unspecified atom stereocenters. The summed E-state index contributed by atoms with van der Waals surface area (Å²) < 4.78 is 0. The summed E-state index contributed by atoms with van der Waals surface area (Å²) >= 11 is 0. The molecule has 0 radical (unpaired) electrons. The minimum Gasteiger partial charge on any atom is -0.252 e. The molecule has 0 amide bonds. The fourth-order valence-corrected chi connectivity index (χ4v) is 4.19. The highest BCUT2D eigenvalue weighted by atomic mass is 15.1. The standard InChI is InChI=1S/C29H33N5/c1-6-7-8-9-10-23-11-13-24(14-12-23)27-32-28(25-21(4)15-19(2)17-30-25)34-29(33-27)26-22(5)16-20(3)18-31-26/h11-18H,6-10H2,1-5H3. The summed E-state index contributed by atoms with van der Waals surface area (Å²) in [5, 5.41) is 0. The van der Waals surface area contributed by atoms with Crippen LogP contribution in [0.2, 0.25) is 0 Å². The van der Waals surface area contributed by atoms with Crippen LogP contribution >= 0.6 is 0 Å². The predicted molar refractivity (Wildman–Crippen MR) is 139 cm³/mol. The Balaban J connectivity index is 1.76. The smallest absolute Gasteiger partial charge is 0.182 e. The van der Waals surface area contributed by atoms with Gasteiger partial charge in [0.2, 0.25) is 0 Å². The van der Waals surface area contributed by atoms with Gasteiger partial charge in [-0.05, 0) is 68.4 Å². The molecule has 4 aromatic rings. The normalized spacial score (nSPS) is 11.1. The largest absolute Gasteiger partial charge is 0.252 e. The van der Waals surface area contributed by atoms with Gasteiger partial charge < -0.3 is 0 Å². The van der Waals surface area contributed by atoms with Gasteiger partial charge in [-0.2, -0.15) is 0 Å². The number of hydrogen-bond donors (Lipinski definition) is 0. The average molecular weight is 452 g/mol. The summed E-state index contributed by atoms with van der Waals surface area (Å²) in [7, 11) is 0. The topological polar surface area (TPSA) is 64.5 Å². The molecule has 4 rings (SSSR count). The molecule has 0 saturated carbocycles. The van der Waals surface area contributed by atoms with Gasteiger partial charge in [0.05, 0.1) is 0 Å². The van der Waals surface area contributed by atoms with Crippen LogP contribution in [-0.2, 0) is 6.42 Å². The Morgan fingerprint density at radius 1 is 0.618 bits per heavy atom. The lowest BCUT2D eigenvalue weighted by Gasteiger charge is -2.11. The molecule has 34 heavy (non-hydrogen) atoms. The van der Waals surface area contributed by atoms with E-state index in [4.69, 9.17) is 15.0 Å². The molecule has 174 valence electrons. The number of benzene rings is 1. The molecule has 5 nitrogen and oxygen atoms in total. The Hall–Kier alpha value is -3.47. The van der Waals surface area contributed by atoms with Crippen molar-refractivity contribution in [2.24, 2.45) is 0 Å². The lowest BCUT2D eigenvalue weighted by molar-refractivity contribution is 0.667. The molecule has 0 aliphatic carbocycles. The molecule has 3 aromatic heterocycles. The first-order chi connectivity index (χ1) is 16.4. The van der Waals surface area contributed by atoms with E-state index in [1.165, 1.54) is 31.2 Å². The van der Waals surface area contributed by atoms with E-state index in [2.05, 4.69) is 53.3 Å². The fraction of sp³-hybridized carbons (Fsp3) is 0.345. The zero-order valence-corrected chi connectivity index (χ0v) is 20.9. The van der Waals surface area contributed by atoms with Crippen LogP contribution in [0.1, 0.15) is 60.4 Å². The van der Waals surface area contributed by atoms with E-state index < -0.39 is 0 Å². The van der Waals surface area contributed by atoms with Crippen molar-refractivity contribution in [1.82, 2.24) is 24.9 Å². The second-order valence-corrected chi connectivity index (χ2v) is 9.17. The molecule has 0 atom stereocenters. The van der Waals surface area contributed by atoms with Gasteiger partial charge in [-0.1, -0.05) is 62.6 Å². The fourth-order valence-electron chi connectivity index (χ4n) is 4.19.